The molecular formula is C59H52N2O2. The van der Waals surface area contributed by atoms with Gasteiger partial charge in [-0.15, -0.1) is 0 Å². The lowest BCUT2D eigenvalue weighted by atomic mass is 9.81. The molecule has 0 fully saturated rings. The van der Waals surface area contributed by atoms with Gasteiger partial charge < -0.3 is 18.6 Å². The van der Waals surface area contributed by atoms with Crippen molar-refractivity contribution >= 4 is 78.0 Å². The van der Waals surface area contributed by atoms with Crippen molar-refractivity contribution < 1.29 is 8.83 Å². The Morgan fingerprint density at radius 3 is 1.30 bits per heavy atom. The highest BCUT2D eigenvalue weighted by Crippen LogP contribution is 2.60. The van der Waals surface area contributed by atoms with Crippen LogP contribution in [0.1, 0.15) is 77.6 Å². The normalized spacial score (nSPS) is 13.5. The van der Waals surface area contributed by atoms with Gasteiger partial charge in [0.25, 0.3) is 0 Å². The van der Waals surface area contributed by atoms with Crippen LogP contribution in [0.25, 0.3) is 55.0 Å². The van der Waals surface area contributed by atoms with E-state index in [0.717, 1.165) is 83.6 Å². The Morgan fingerprint density at radius 2 is 0.794 bits per heavy atom. The van der Waals surface area contributed by atoms with Crippen molar-refractivity contribution in [2.24, 2.45) is 0 Å². The van der Waals surface area contributed by atoms with Crippen molar-refractivity contribution in [1.82, 2.24) is 0 Å². The Morgan fingerprint density at radius 1 is 0.397 bits per heavy atom. The van der Waals surface area contributed by atoms with Crippen molar-refractivity contribution in [2.75, 3.05) is 9.80 Å². The van der Waals surface area contributed by atoms with Crippen molar-refractivity contribution in [3.63, 3.8) is 0 Å². The third kappa shape index (κ3) is 6.10. The van der Waals surface area contributed by atoms with Crippen LogP contribution in [0.2, 0.25) is 0 Å². The van der Waals surface area contributed by atoms with E-state index in [-0.39, 0.29) is 10.8 Å². The molecule has 0 unspecified atom stereocenters. The summed E-state index contributed by atoms with van der Waals surface area (Å²) in [5.41, 5.74) is 16.8. The minimum absolute atomic E-state index is 0.0261. The molecule has 0 spiro atoms. The fourth-order valence-corrected chi connectivity index (χ4v) is 9.97. The first kappa shape index (κ1) is 38.9. The molecule has 8 aromatic carbocycles. The number of hydrogen-bond donors (Lipinski definition) is 0. The maximum atomic E-state index is 7.20. The van der Waals surface area contributed by atoms with Gasteiger partial charge in [0.2, 0.25) is 0 Å². The Labute approximate surface area is 370 Å². The first-order chi connectivity index (χ1) is 30.3. The fraction of sp³-hybridized carbons (Fsp3) is 0.186. The Hall–Kier alpha value is -7.04. The van der Waals surface area contributed by atoms with Crippen molar-refractivity contribution in [1.29, 1.82) is 0 Å². The Balaban J connectivity index is 1.24. The summed E-state index contributed by atoms with van der Waals surface area (Å²) >= 11 is 0. The molecule has 0 radical (unpaired) electrons. The molecule has 0 aliphatic heterocycles. The monoisotopic (exact) mass is 820 g/mol. The molecular weight excluding hydrogens is 769 g/mol. The maximum Gasteiger partial charge on any atom is 0.160 e. The molecule has 2 heterocycles. The van der Waals surface area contributed by atoms with E-state index in [1.807, 2.05) is 0 Å². The SMILES string of the molecule is CC(C)(C)c1ccc(N(c2ccccc2)c2cc3c(c4c2oc2ccccc24)-c2c(cc(N(c4ccccc4)c4ccc(C(C)(C)C)cc4)c4c2oc2ccccc24)C3(C)C)cc1. The second-order valence-corrected chi connectivity index (χ2v) is 19.8. The largest absolute Gasteiger partial charge is 0.455 e. The van der Waals surface area contributed by atoms with Crippen molar-refractivity contribution in [3.8, 4) is 11.1 Å². The molecule has 4 heteroatoms. The van der Waals surface area contributed by atoms with Crippen LogP contribution in [0.5, 0.6) is 0 Å². The van der Waals surface area contributed by atoms with Crippen LogP contribution < -0.4 is 9.80 Å². The van der Waals surface area contributed by atoms with Gasteiger partial charge in [-0.05, 0) is 106 Å². The molecule has 63 heavy (non-hydrogen) atoms. The van der Waals surface area contributed by atoms with Crippen LogP contribution in [0, 0.1) is 0 Å². The number of rotatable bonds is 6. The van der Waals surface area contributed by atoms with E-state index in [2.05, 4.69) is 235 Å². The topological polar surface area (TPSA) is 32.8 Å². The van der Waals surface area contributed by atoms with Crippen LogP contribution >= 0.6 is 0 Å². The van der Waals surface area contributed by atoms with Gasteiger partial charge in [0, 0.05) is 55.5 Å². The zero-order valence-electron chi connectivity index (χ0n) is 37.4. The lowest BCUT2D eigenvalue weighted by Crippen LogP contribution is -2.18. The molecule has 310 valence electrons. The summed E-state index contributed by atoms with van der Waals surface area (Å²) in [6.45, 7) is 18.4. The van der Waals surface area contributed by atoms with Crippen LogP contribution in [0.3, 0.4) is 0 Å². The Bertz CT molecular complexity index is 3360. The number of nitrogens with zero attached hydrogens (tertiary/aromatic N) is 2. The van der Waals surface area contributed by atoms with Crippen LogP contribution in [0.15, 0.2) is 179 Å². The molecule has 1 aliphatic rings. The second-order valence-electron chi connectivity index (χ2n) is 19.8. The molecule has 10 aromatic rings. The van der Waals surface area contributed by atoms with Crippen LogP contribution in [-0.2, 0) is 16.2 Å². The molecule has 4 nitrogen and oxygen atoms in total. The van der Waals surface area contributed by atoms with E-state index in [0.29, 0.717) is 0 Å². The van der Waals surface area contributed by atoms with Crippen LogP contribution in [-0.4, -0.2) is 0 Å². The van der Waals surface area contributed by atoms with Gasteiger partial charge in [0.05, 0.1) is 16.8 Å². The predicted molar refractivity (Wildman–Crippen MR) is 265 cm³/mol. The van der Waals surface area contributed by atoms with Gasteiger partial charge in [0.15, 0.2) is 5.58 Å². The zero-order valence-corrected chi connectivity index (χ0v) is 37.4. The van der Waals surface area contributed by atoms with Gasteiger partial charge in [-0.25, -0.2) is 0 Å². The summed E-state index contributed by atoms with van der Waals surface area (Å²) < 4.78 is 14.3. The van der Waals surface area contributed by atoms with Gasteiger partial charge >= 0.3 is 0 Å². The predicted octanol–water partition coefficient (Wildman–Crippen LogP) is 17.3. The lowest BCUT2D eigenvalue weighted by molar-refractivity contribution is 0.590. The highest BCUT2D eigenvalue weighted by atomic mass is 16.3. The second kappa shape index (κ2) is 14.0. The maximum absolute atomic E-state index is 7.20. The summed E-state index contributed by atoms with van der Waals surface area (Å²) in [7, 11) is 0. The smallest absolute Gasteiger partial charge is 0.160 e. The highest BCUT2D eigenvalue weighted by molar-refractivity contribution is 6.25. The van der Waals surface area contributed by atoms with Crippen molar-refractivity contribution in [2.45, 2.75) is 71.6 Å². The quantitative estimate of drug-likeness (QED) is 0.167. The van der Waals surface area contributed by atoms with E-state index in [9.17, 15) is 0 Å². The van der Waals surface area contributed by atoms with E-state index in [4.69, 9.17) is 8.83 Å². The summed E-state index contributed by atoms with van der Waals surface area (Å²) in [6.07, 6.45) is 0. The Kier molecular flexibility index (Phi) is 8.63. The molecule has 2 aromatic heterocycles. The first-order valence-corrected chi connectivity index (χ1v) is 22.2. The van der Waals surface area contributed by atoms with Gasteiger partial charge in [-0.1, -0.05) is 152 Å². The van der Waals surface area contributed by atoms with E-state index in [1.54, 1.807) is 0 Å². The van der Waals surface area contributed by atoms with Gasteiger partial charge in [0.1, 0.15) is 16.7 Å². The molecule has 1 aliphatic carbocycles. The number of furan rings is 2. The third-order valence-corrected chi connectivity index (χ3v) is 13.3. The molecule has 11 rings (SSSR count). The van der Waals surface area contributed by atoms with Gasteiger partial charge in [-0.3, -0.25) is 0 Å². The van der Waals surface area contributed by atoms with E-state index in [1.165, 1.54) is 27.8 Å². The molecule has 0 saturated heterocycles. The van der Waals surface area contributed by atoms with E-state index < -0.39 is 5.41 Å². The lowest BCUT2D eigenvalue weighted by Gasteiger charge is -2.30. The summed E-state index contributed by atoms with van der Waals surface area (Å²) in [6, 6.07) is 61.5. The minimum atomic E-state index is -0.440. The molecule has 0 saturated carbocycles. The standard InChI is InChI=1S/C59H52N2O2/c1-57(2,3)37-27-31-41(32-28-37)60(39-19-11-9-12-20-39)47-35-46-54(56-51(47)43-23-15-17-25-49(43)63-56)53-45(59(46,7)8)36-48(55-52(53)44-24-16-18-26-50(44)62-55)61(40-21-13-10-14-22-40)42-33-29-38(30-34-42)58(4,5)6/h9-36H,1-8H3. The number of hydrogen-bond acceptors (Lipinski definition) is 4. The highest BCUT2D eigenvalue weighted by Gasteiger charge is 2.43. The number of para-hydroxylation sites is 4. The summed E-state index contributed by atoms with van der Waals surface area (Å²) in [5, 5.41) is 4.36. The average Bonchev–Trinajstić information content (AvgIpc) is 3.93. The minimum Gasteiger partial charge on any atom is -0.455 e. The average molecular weight is 821 g/mol. The summed E-state index contributed by atoms with van der Waals surface area (Å²) in [5.74, 6) is 0. The third-order valence-electron chi connectivity index (χ3n) is 13.3. The number of benzene rings is 8. The number of fused-ring (bicyclic) bond motifs is 11. The first-order valence-electron chi connectivity index (χ1n) is 22.2. The molecule has 0 atom stereocenters. The zero-order chi connectivity index (χ0) is 43.4. The van der Waals surface area contributed by atoms with Crippen LogP contribution in [0.4, 0.5) is 34.1 Å². The number of anilines is 6. The van der Waals surface area contributed by atoms with Crippen molar-refractivity contribution in [3.05, 3.63) is 192 Å². The fourth-order valence-electron chi connectivity index (χ4n) is 9.97. The van der Waals surface area contributed by atoms with E-state index >= 15 is 0 Å². The molecule has 0 N–H and O–H groups in total. The molecule has 0 amide bonds. The summed E-state index contributed by atoms with van der Waals surface area (Å²) in [4.78, 5) is 4.79. The molecule has 0 bridgehead atoms. The van der Waals surface area contributed by atoms with Gasteiger partial charge in [-0.2, -0.15) is 0 Å².